The maximum Gasteiger partial charge on any atom is 0.254 e. The Bertz CT molecular complexity index is 815. The topological polar surface area (TPSA) is 72.2 Å². The molecular formula is C23H30N2O5. The number of carbonyl (C=O) groups excluding carboxylic acids is 2. The van der Waals surface area contributed by atoms with Gasteiger partial charge in [0, 0.05) is 25.3 Å². The molecule has 1 aliphatic heterocycles. The van der Waals surface area contributed by atoms with Crippen molar-refractivity contribution in [3.8, 4) is 5.75 Å². The lowest BCUT2D eigenvalue weighted by Gasteiger charge is -2.28. The molecule has 1 aromatic heterocycles. The smallest absolute Gasteiger partial charge is 0.254 e. The monoisotopic (exact) mass is 414 g/mol. The molecule has 1 atom stereocenters. The molecule has 3 rings (SSSR count). The average molecular weight is 415 g/mol. The number of carbonyl (C=O) groups is 2. The molecule has 0 unspecified atom stereocenters. The van der Waals surface area contributed by atoms with Crippen LogP contribution in [0.15, 0.2) is 47.1 Å². The average Bonchev–Trinajstić information content (AvgIpc) is 3.47. The van der Waals surface area contributed by atoms with Crippen LogP contribution < -0.4 is 4.74 Å². The molecule has 2 heterocycles. The molecule has 162 valence electrons. The van der Waals surface area contributed by atoms with E-state index in [9.17, 15) is 9.59 Å². The SMILES string of the molecule is CCCN(CC(=O)N(Cc1ccco1)C[C@H]1CCCO1)C(=O)c1cccc(OC)c1. The number of methoxy groups -OCH3 is 1. The molecular weight excluding hydrogens is 384 g/mol. The Kier molecular flexibility index (Phi) is 7.90. The van der Waals surface area contributed by atoms with Crippen molar-refractivity contribution in [2.75, 3.05) is 33.4 Å². The van der Waals surface area contributed by atoms with Gasteiger partial charge in [0.25, 0.3) is 5.91 Å². The van der Waals surface area contributed by atoms with E-state index >= 15 is 0 Å². The molecule has 1 aromatic carbocycles. The maximum absolute atomic E-state index is 13.2. The van der Waals surface area contributed by atoms with Crippen molar-refractivity contribution in [1.82, 2.24) is 9.80 Å². The van der Waals surface area contributed by atoms with Crippen molar-refractivity contribution in [3.05, 3.63) is 54.0 Å². The number of nitrogens with zero attached hydrogens (tertiary/aromatic N) is 2. The summed E-state index contributed by atoms with van der Waals surface area (Å²) in [5.41, 5.74) is 0.507. The summed E-state index contributed by atoms with van der Waals surface area (Å²) in [4.78, 5) is 29.6. The van der Waals surface area contributed by atoms with Gasteiger partial charge in [-0.05, 0) is 49.6 Å². The van der Waals surface area contributed by atoms with Crippen LogP contribution in [0.2, 0.25) is 0 Å². The number of benzene rings is 1. The van der Waals surface area contributed by atoms with Gasteiger partial charge in [-0.15, -0.1) is 0 Å². The summed E-state index contributed by atoms with van der Waals surface area (Å²) in [6, 6.07) is 10.7. The zero-order chi connectivity index (χ0) is 21.3. The minimum absolute atomic E-state index is 0.0112. The Morgan fingerprint density at radius 1 is 1.20 bits per heavy atom. The first-order valence-electron chi connectivity index (χ1n) is 10.5. The number of ether oxygens (including phenoxy) is 2. The van der Waals surface area contributed by atoms with Gasteiger partial charge >= 0.3 is 0 Å². The largest absolute Gasteiger partial charge is 0.497 e. The van der Waals surface area contributed by atoms with Crippen LogP contribution in [0.25, 0.3) is 0 Å². The van der Waals surface area contributed by atoms with E-state index in [1.54, 1.807) is 53.5 Å². The molecule has 0 spiro atoms. The fraction of sp³-hybridized carbons (Fsp3) is 0.478. The van der Waals surface area contributed by atoms with E-state index in [4.69, 9.17) is 13.9 Å². The highest BCUT2D eigenvalue weighted by molar-refractivity contribution is 5.96. The van der Waals surface area contributed by atoms with Crippen molar-refractivity contribution >= 4 is 11.8 Å². The molecule has 1 fully saturated rings. The number of amides is 2. The van der Waals surface area contributed by atoms with E-state index < -0.39 is 0 Å². The fourth-order valence-corrected chi connectivity index (χ4v) is 3.60. The fourth-order valence-electron chi connectivity index (χ4n) is 3.60. The van der Waals surface area contributed by atoms with Crippen molar-refractivity contribution in [2.24, 2.45) is 0 Å². The molecule has 0 aliphatic carbocycles. The van der Waals surface area contributed by atoms with Gasteiger partial charge < -0.3 is 23.7 Å². The lowest BCUT2D eigenvalue weighted by atomic mass is 10.1. The van der Waals surface area contributed by atoms with E-state index in [1.807, 2.05) is 13.0 Å². The van der Waals surface area contributed by atoms with E-state index in [-0.39, 0.29) is 24.5 Å². The predicted molar refractivity (Wildman–Crippen MR) is 112 cm³/mol. The number of hydrogen-bond acceptors (Lipinski definition) is 5. The van der Waals surface area contributed by atoms with Gasteiger partial charge in [-0.2, -0.15) is 0 Å². The van der Waals surface area contributed by atoms with Crippen LogP contribution in [0.3, 0.4) is 0 Å². The quantitative estimate of drug-likeness (QED) is 0.596. The lowest BCUT2D eigenvalue weighted by Crippen LogP contribution is -2.45. The number of furan rings is 1. The minimum Gasteiger partial charge on any atom is -0.497 e. The van der Waals surface area contributed by atoms with Crippen LogP contribution >= 0.6 is 0 Å². The third kappa shape index (κ3) is 5.86. The molecule has 0 saturated carbocycles. The second-order valence-corrected chi connectivity index (χ2v) is 7.45. The van der Waals surface area contributed by atoms with Gasteiger partial charge in [-0.3, -0.25) is 9.59 Å². The molecule has 1 aliphatic rings. The Morgan fingerprint density at radius 2 is 2.07 bits per heavy atom. The first kappa shape index (κ1) is 21.9. The molecule has 30 heavy (non-hydrogen) atoms. The Labute approximate surface area is 177 Å². The van der Waals surface area contributed by atoms with Crippen molar-refractivity contribution < 1.29 is 23.5 Å². The predicted octanol–water partition coefficient (Wildman–Crippen LogP) is 3.35. The number of hydrogen-bond donors (Lipinski definition) is 0. The van der Waals surface area contributed by atoms with Crippen LogP contribution in [-0.4, -0.2) is 61.1 Å². The summed E-state index contributed by atoms with van der Waals surface area (Å²) >= 11 is 0. The highest BCUT2D eigenvalue weighted by atomic mass is 16.5. The molecule has 0 radical (unpaired) electrons. The van der Waals surface area contributed by atoms with Gasteiger partial charge in [0.05, 0.1) is 26.0 Å². The first-order valence-corrected chi connectivity index (χ1v) is 10.5. The van der Waals surface area contributed by atoms with Crippen LogP contribution in [0, 0.1) is 0 Å². The van der Waals surface area contributed by atoms with Crippen molar-refractivity contribution in [2.45, 2.75) is 38.8 Å². The van der Waals surface area contributed by atoms with Gasteiger partial charge in [-0.25, -0.2) is 0 Å². The van der Waals surface area contributed by atoms with E-state index in [0.29, 0.717) is 36.7 Å². The van der Waals surface area contributed by atoms with E-state index in [0.717, 1.165) is 25.9 Å². The summed E-state index contributed by atoms with van der Waals surface area (Å²) in [6.45, 7) is 4.08. The van der Waals surface area contributed by atoms with Crippen LogP contribution in [-0.2, 0) is 16.1 Å². The minimum atomic E-state index is -0.181. The first-order chi connectivity index (χ1) is 14.6. The van der Waals surface area contributed by atoms with Crippen LogP contribution in [0.4, 0.5) is 0 Å². The van der Waals surface area contributed by atoms with E-state index in [1.165, 1.54) is 0 Å². The summed E-state index contributed by atoms with van der Waals surface area (Å²) in [5.74, 6) is 1.02. The third-order valence-electron chi connectivity index (χ3n) is 5.15. The summed E-state index contributed by atoms with van der Waals surface area (Å²) < 4.78 is 16.4. The molecule has 2 amide bonds. The molecule has 0 N–H and O–H groups in total. The zero-order valence-corrected chi connectivity index (χ0v) is 17.7. The van der Waals surface area contributed by atoms with Gasteiger partial charge in [-0.1, -0.05) is 13.0 Å². The maximum atomic E-state index is 13.2. The van der Waals surface area contributed by atoms with Crippen LogP contribution in [0.5, 0.6) is 5.75 Å². The molecule has 2 aromatic rings. The van der Waals surface area contributed by atoms with Gasteiger partial charge in [0.15, 0.2) is 0 Å². The summed E-state index contributed by atoms with van der Waals surface area (Å²) in [6.07, 6.45) is 4.32. The van der Waals surface area contributed by atoms with Crippen molar-refractivity contribution in [3.63, 3.8) is 0 Å². The zero-order valence-electron chi connectivity index (χ0n) is 17.7. The Balaban J connectivity index is 1.72. The standard InChI is InChI=1S/C23H30N2O5/c1-3-11-24(23(27)18-7-4-8-19(14-18)28-2)17-22(26)25(15-20-9-5-12-29-20)16-21-10-6-13-30-21/h4-5,7-9,12,14,21H,3,6,10-11,13,15-17H2,1-2H3/t21-/m1/s1. The third-order valence-corrected chi connectivity index (χ3v) is 5.15. The van der Waals surface area contributed by atoms with Gasteiger partial charge in [0.2, 0.25) is 5.91 Å². The second kappa shape index (κ2) is 10.8. The Hall–Kier alpha value is -2.80. The second-order valence-electron chi connectivity index (χ2n) is 7.45. The van der Waals surface area contributed by atoms with Crippen molar-refractivity contribution in [1.29, 1.82) is 0 Å². The molecule has 0 bridgehead atoms. The number of rotatable bonds is 10. The highest BCUT2D eigenvalue weighted by Gasteiger charge is 2.26. The van der Waals surface area contributed by atoms with Gasteiger partial charge in [0.1, 0.15) is 18.1 Å². The highest BCUT2D eigenvalue weighted by Crippen LogP contribution is 2.18. The molecule has 7 nitrogen and oxygen atoms in total. The molecule has 7 heteroatoms. The normalized spacial score (nSPS) is 15.7. The van der Waals surface area contributed by atoms with E-state index in [2.05, 4.69) is 0 Å². The van der Waals surface area contributed by atoms with Crippen LogP contribution in [0.1, 0.15) is 42.3 Å². The summed E-state index contributed by atoms with van der Waals surface area (Å²) in [7, 11) is 1.56. The Morgan fingerprint density at radius 3 is 2.73 bits per heavy atom. The molecule has 1 saturated heterocycles. The lowest BCUT2D eigenvalue weighted by molar-refractivity contribution is -0.134. The summed E-state index contributed by atoms with van der Waals surface area (Å²) in [5, 5.41) is 0.